The van der Waals surface area contributed by atoms with Crippen LogP contribution in [-0.2, 0) is 4.79 Å². The summed E-state index contributed by atoms with van der Waals surface area (Å²) in [5.74, 6) is 1.26. The number of nitrogens with two attached hydrogens (primary N) is 1. The van der Waals surface area contributed by atoms with E-state index in [1.54, 1.807) is 0 Å². The van der Waals surface area contributed by atoms with Crippen molar-refractivity contribution >= 4 is 5.91 Å². The highest BCUT2D eigenvalue weighted by Gasteiger charge is 2.35. The zero-order chi connectivity index (χ0) is 8.72. The van der Waals surface area contributed by atoms with Gasteiger partial charge in [-0.1, -0.05) is 0 Å². The van der Waals surface area contributed by atoms with Gasteiger partial charge in [-0.15, -0.1) is 0 Å². The summed E-state index contributed by atoms with van der Waals surface area (Å²) in [6.45, 7) is 2.26. The maximum Gasteiger partial charge on any atom is 0.232 e. The molecule has 2 rings (SSSR count). The van der Waals surface area contributed by atoms with Gasteiger partial charge in [0, 0.05) is 26.7 Å². The van der Waals surface area contributed by atoms with Gasteiger partial charge in [-0.25, -0.2) is 0 Å². The van der Waals surface area contributed by atoms with Gasteiger partial charge in [0.05, 0.1) is 6.42 Å². The van der Waals surface area contributed by atoms with Crippen molar-refractivity contribution in [3.8, 4) is 0 Å². The fraction of sp³-hybridized carbons (Fsp3) is 0.625. The first kappa shape index (κ1) is 7.61. The van der Waals surface area contributed by atoms with Crippen molar-refractivity contribution in [3.05, 3.63) is 11.4 Å². The van der Waals surface area contributed by atoms with Crippen molar-refractivity contribution in [1.29, 1.82) is 0 Å². The molecule has 0 unspecified atom stereocenters. The molecule has 0 radical (unpaired) electrons. The second kappa shape index (κ2) is 2.48. The summed E-state index contributed by atoms with van der Waals surface area (Å²) in [5.41, 5.74) is 6.63. The largest absolute Gasteiger partial charge is 0.359 e. The van der Waals surface area contributed by atoms with Gasteiger partial charge in [0.15, 0.2) is 0 Å². The molecule has 66 valence electrons. The van der Waals surface area contributed by atoms with Crippen molar-refractivity contribution in [2.24, 2.45) is 5.73 Å². The predicted molar refractivity (Wildman–Crippen MR) is 45.0 cm³/mol. The molecule has 12 heavy (non-hydrogen) atoms. The van der Waals surface area contributed by atoms with Gasteiger partial charge in [-0.2, -0.15) is 0 Å². The number of carbonyl (C=O) groups is 1. The first-order valence-corrected chi connectivity index (χ1v) is 4.17. The average Bonchev–Trinajstić information content (AvgIpc) is 2.56. The number of likely N-dealkylation sites (N-methyl/N-ethyl adjacent to an activating group) is 1. The summed E-state index contributed by atoms with van der Waals surface area (Å²) in [7, 11) is 2.00. The number of rotatable bonds is 1. The molecule has 0 bridgehead atoms. The minimum Gasteiger partial charge on any atom is -0.359 e. The van der Waals surface area contributed by atoms with Crippen LogP contribution in [0.5, 0.6) is 0 Å². The molecular weight excluding hydrogens is 154 g/mol. The Morgan fingerprint density at radius 3 is 2.92 bits per heavy atom. The SMILES string of the molecule is CN1CCN2C(=O)CC(CN)=C12. The highest BCUT2D eigenvalue weighted by atomic mass is 16.2. The minimum absolute atomic E-state index is 0.204. The Kier molecular flexibility index (Phi) is 1.58. The molecule has 4 heteroatoms. The molecule has 1 fully saturated rings. The quantitative estimate of drug-likeness (QED) is 0.563. The molecular formula is C8H13N3O. The van der Waals surface area contributed by atoms with Gasteiger partial charge in [-0.3, -0.25) is 9.69 Å². The summed E-state index contributed by atoms with van der Waals surface area (Å²) in [4.78, 5) is 15.3. The Morgan fingerprint density at radius 2 is 2.25 bits per heavy atom. The summed E-state index contributed by atoms with van der Waals surface area (Å²) < 4.78 is 0. The van der Waals surface area contributed by atoms with E-state index in [-0.39, 0.29) is 5.91 Å². The van der Waals surface area contributed by atoms with E-state index in [1.165, 1.54) is 0 Å². The normalized spacial score (nSPS) is 22.7. The van der Waals surface area contributed by atoms with Gasteiger partial charge >= 0.3 is 0 Å². The molecule has 0 atom stereocenters. The molecule has 4 nitrogen and oxygen atoms in total. The minimum atomic E-state index is 0.204. The standard InChI is InChI=1S/C8H13N3O/c1-10-2-3-11-7(12)4-6(5-9)8(10)11/h2-5,9H2,1H3. The number of hydrogen-bond donors (Lipinski definition) is 1. The smallest absolute Gasteiger partial charge is 0.232 e. The topological polar surface area (TPSA) is 49.6 Å². The third kappa shape index (κ3) is 0.845. The molecule has 2 N–H and O–H groups in total. The van der Waals surface area contributed by atoms with Crippen LogP contribution in [0.2, 0.25) is 0 Å². The average molecular weight is 167 g/mol. The second-order valence-corrected chi connectivity index (χ2v) is 3.27. The lowest BCUT2D eigenvalue weighted by molar-refractivity contribution is -0.126. The van der Waals surface area contributed by atoms with E-state index < -0.39 is 0 Å². The molecule has 0 aromatic rings. The third-order valence-electron chi connectivity index (χ3n) is 2.50. The molecule has 2 heterocycles. The van der Waals surface area contributed by atoms with Gasteiger partial charge in [0.1, 0.15) is 5.82 Å². The maximum atomic E-state index is 11.4. The predicted octanol–water partition coefficient (Wildman–Crippen LogP) is -0.666. The van der Waals surface area contributed by atoms with Crippen LogP contribution in [-0.4, -0.2) is 42.4 Å². The number of hydrogen-bond acceptors (Lipinski definition) is 3. The molecule has 0 aromatic heterocycles. The zero-order valence-corrected chi connectivity index (χ0v) is 7.21. The number of amides is 1. The summed E-state index contributed by atoms with van der Waals surface area (Å²) in [6, 6.07) is 0. The molecule has 1 saturated heterocycles. The lowest BCUT2D eigenvalue weighted by Crippen LogP contribution is -2.22. The Labute approximate surface area is 71.6 Å². The summed E-state index contributed by atoms with van der Waals surface area (Å²) in [5, 5.41) is 0. The lowest BCUT2D eigenvalue weighted by atomic mass is 10.2. The van der Waals surface area contributed by atoms with Crippen molar-refractivity contribution in [1.82, 2.24) is 9.80 Å². The Hall–Kier alpha value is -1.03. The molecule has 2 aliphatic heterocycles. The van der Waals surface area contributed by atoms with Gasteiger partial charge in [-0.05, 0) is 5.57 Å². The third-order valence-corrected chi connectivity index (χ3v) is 2.50. The number of nitrogens with zero attached hydrogens (tertiary/aromatic N) is 2. The van der Waals surface area contributed by atoms with Gasteiger partial charge < -0.3 is 10.6 Å². The highest BCUT2D eigenvalue weighted by Crippen LogP contribution is 2.29. The Morgan fingerprint density at radius 1 is 1.50 bits per heavy atom. The van der Waals surface area contributed by atoms with Crippen LogP contribution in [0.3, 0.4) is 0 Å². The van der Waals surface area contributed by atoms with E-state index in [1.807, 2.05) is 11.9 Å². The monoisotopic (exact) mass is 167 g/mol. The highest BCUT2D eigenvalue weighted by molar-refractivity contribution is 5.84. The molecule has 1 amide bonds. The van der Waals surface area contributed by atoms with Crippen molar-refractivity contribution in [2.45, 2.75) is 6.42 Å². The molecule has 0 saturated carbocycles. The molecule has 0 aliphatic carbocycles. The van der Waals surface area contributed by atoms with E-state index >= 15 is 0 Å². The van der Waals surface area contributed by atoms with Gasteiger partial charge in [0.25, 0.3) is 0 Å². The van der Waals surface area contributed by atoms with Crippen LogP contribution in [0.15, 0.2) is 11.4 Å². The first-order chi connectivity index (χ1) is 5.74. The van der Waals surface area contributed by atoms with Crippen LogP contribution in [0.25, 0.3) is 0 Å². The van der Waals surface area contributed by atoms with E-state index in [2.05, 4.69) is 4.90 Å². The summed E-state index contributed by atoms with van der Waals surface area (Å²) in [6.07, 6.45) is 0.524. The first-order valence-electron chi connectivity index (χ1n) is 4.17. The van der Waals surface area contributed by atoms with Crippen molar-refractivity contribution < 1.29 is 4.79 Å². The van der Waals surface area contributed by atoms with Crippen LogP contribution in [0.4, 0.5) is 0 Å². The van der Waals surface area contributed by atoms with E-state index in [9.17, 15) is 4.79 Å². The fourth-order valence-corrected chi connectivity index (χ4v) is 1.89. The Balaban J connectivity index is 2.35. The van der Waals surface area contributed by atoms with E-state index in [4.69, 9.17) is 5.73 Å². The van der Waals surface area contributed by atoms with Crippen LogP contribution < -0.4 is 5.73 Å². The molecule has 2 aliphatic rings. The second-order valence-electron chi connectivity index (χ2n) is 3.27. The summed E-state index contributed by atoms with van der Waals surface area (Å²) >= 11 is 0. The zero-order valence-electron chi connectivity index (χ0n) is 7.21. The molecule has 0 aromatic carbocycles. The van der Waals surface area contributed by atoms with Crippen LogP contribution in [0.1, 0.15) is 6.42 Å². The van der Waals surface area contributed by atoms with E-state index in [0.29, 0.717) is 13.0 Å². The van der Waals surface area contributed by atoms with Crippen molar-refractivity contribution in [3.63, 3.8) is 0 Å². The van der Waals surface area contributed by atoms with Crippen molar-refractivity contribution in [2.75, 3.05) is 26.7 Å². The van der Waals surface area contributed by atoms with Gasteiger partial charge in [0.2, 0.25) is 5.91 Å². The maximum absolute atomic E-state index is 11.4. The number of carbonyl (C=O) groups excluding carboxylic acids is 1. The van der Waals surface area contributed by atoms with E-state index in [0.717, 1.165) is 24.5 Å². The number of fused-ring (bicyclic) bond motifs is 1. The Bertz CT molecular complexity index is 259. The lowest BCUT2D eigenvalue weighted by Gasteiger charge is -2.15. The fourth-order valence-electron chi connectivity index (χ4n) is 1.89. The molecule has 0 spiro atoms. The van der Waals surface area contributed by atoms with Crippen LogP contribution >= 0.6 is 0 Å². The van der Waals surface area contributed by atoms with Crippen LogP contribution in [0, 0.1) is 0 Å².